The van der Waals surface area contributed by atoms with E-state index in [1.165, 1.54) is 62.8 Å². The Kier molecular flexibility index (Phi) is 10.6. The molecular formula is C50H66O9. The van der Waals surface area contributed by atoms with Gasteiger partial charge in [-0.1, -0.05) is 72.2 Å². The predicted molar refractivity (Wildman–Crippen MR) is 224 cm³/mol. The molecule has 9 nitrogen and oxygen atoms in total. The molecule has 9 heteroatoms. The number of esters is 2. The van der Waals surface area contributed by atoms with E-state index in [-0.39, 0.29) is 76.0 Å². The van der Waals surface area contributed by atoms with Gasteiger partial charge >= 0.3 is 11.9 Å². The van der Waals surface area contributed by atoms with Crippen molar-refractivity contribution in [3.05, 3.63) is 59.2 Å². The molecule has 1 heterocycles. The van der Waals surface area contributed by atoms with Crippen molar-refractivity contribution in [3.8, 4) is 23.0 Å². The molecule has 10 atom stereocenters. The zero-order valence-corrected chi connectivity index (χ0v) is 36.5. The van der Waals surface area contributed by atoms with E-state index >= 15 is 0 Å². The highest BCUT2D eigenvalue weighted by molar-refractivity contribution is 6.02. The van der Waals surface area contributed by atoms with E-state index in [4.69, 9.17) is 18.9 Å². The Labute approximate surface area is 350 Å². The van der Waals surface area contributed by atoms with Crippen LogP contribution in [0.5, 0.6) is 23.0 Å². The molecule has 4 fully saturated rings. The van der Waals surface area contributed by atoms with Crippen LogP contribution in [-0.2, 0) is 19.1 Å². The zero-order valence-electron chi connectivity index (χ0n) is 36.5. The van der Waals surface area contributed by atoms with Gasteiger partial charge in [-0.15, -0.1) is 0 Å². The van der Waals surface area contributed by atoms with Crippen molar-refractivity contribution in [2.24, 2.45) is 50.7 Å². The van der Waals surface area contributed by atoms with Crippen LogP contribution in [0.1, 0.15) is 154 Å². The van der Waals surface area contributed by atoms with E-state index in [2.05, 4.69) is 54.5 Å². The molecule has 2 unspecified atom stereocenters. The Morgan fingerprint density at radius 2 is 1.46 bits per heavy atom. The summed E-state index contributed by atoms with van der Waals surface area (Å²) in [5.74, 6) is 0.738. The van der Waals surface area contributed by atoms with Gasteiger partial charge in [-0.05, 0) is 127 Å². The van der Waals surface area contributed by atoms with E-state index < -0.39 is 18.0 Å². The van der Waals surface area contributed by atoms with Gasteiger partial charge in [0.05, 0.1) is 25.4 Å². The molecule has 4 saturated carbocycles. The van der Waals surface area contributed by atoms with Crippen molar-refractivity contribution in [2.45, 2.75) is 150 Å². The van der Waals surface area contributed by atoms with Gasteiger partial charge in [-0.25, -0.2) is 0 Å². The van der Waals surface area contributed by atoms with Gasteiger partial charge in [-0.2, -0.15) is 0 Å². The third-order valence-electron chi connectivity index (χ3n) is 17.4. The molecular weight excluding hydrogens is 745 g/mol. The number of fused-ring (bicyclic) bond motifs is 7. The first kappa shape index (κ1) is 41.9. The Balaban J connectivity index is 0.895. The van der Waals surface area contributed by atoms with E-state index in [0.29, 0.717) is 46.2 Å². The fourth-order valence-corrected chi connectivity index (χ4v) is 14.5. The molecule has 59 heavy (non-hydrogen) atoms. The molecule has 0 saturated heterocycles. The maximum atomic E-state index is 13.4. The first-order valence-corrected chi connectivity index (χ1v) is 22.3. The SMILES string of the molecule is CO[C@@H]1CC[C@@]2(C)C(CC[C@@]3(C)CC4=CC[C@H]5C(C)(C)[C@H](OC(=O)CCC(=O)Oc6cc(O)c7c(c6)O[C@H](c6ccc(O)cc6)CC7=O)CC[C@]5(C)[C@H]4CCC32)C1(C)C. The highest BCUT2D eigenvalue weighted by Gasteiger charge is 2.63. The highest BCUT2D eigenvalue weighted by atomic mass is 16.6. The zero-order chi connectivity index (χ0) is 42.3. The second kappa shape index (κ2) is 15.0. The first-order chi connectivity index (χ1) is 27.8. The Bertz CT molecular complexity index is 2010. The van der Waals surface area contributed by atoms with Crippen molar-refractivity contribution in [3.63, 3.8) is 0 Å². The summed E-state index contributed by atoms with van der Waals surface area (Å²) in [4.78, 5) is 39.3. The summed E-state index contributed by atoms with van der Waals surface area (Å²) in [6.45, 7) is 17.3. The van der Waals surface area contributed by atoms with Crippen LogP contribution in [-0.4, -0.2) is 47.3 Å². The monoisotopic (exact) mass is 810 g/mol. The van der Waals surface area contributed by atoms with Crippen LogP contribution in [0.2, 0.25) is 0 Å². The van der Waals surface area contributed by atoms with Gasteiger partial charge in [0.1, 0.15) is 40.8 Å². The summed E-state index contributed by atoms with van der Waals surface area (Å²) in [7, 11) is 1.90. The van der Waals surface area contributed by atoms with Crippen molar-refractivity contribution in [1.29, 1.82) is 0 Å². The number of methoxy groups -OCH3 is 1. The minimum absolute atomic E-state index is 0.0114. The summed E-state index contributed by atoms with van der Waals surface area (Å²) in [5.41, 5.74) is 3.07. The molecule has 0 radical (unpaired) electrons. The average Bonchev–Trinajstić information content (AvgIpc) is 3.32. The standard InChI is InChI=1S/C50H66O9/c1-46(2)39-19-22-48(5)28-30-11-15-38-47(3,4)42(21-23-49(38,6)33(30)14-16-40(48)50(39,7)24-20-41(46)56-8)59-44(55)18-17-43(54)57-32-25-34(52)45-35(53)27-36(58-37(45)26-32)29-9-12-31(51)13-10-29/h9-13,25-26,33,36,38-42,51-52H,14-24,27-28H2,1-8H3/t33-,36-,38-,39?,40?,41+,42+,48-,49+,50-/m0/s1. The highest BCUT2D eigenvalue weighted by Crippen LogP contribution is 2.70. The number of phenols is 2. The minimum atomic E-state index is -0.656. The van der Waals surface area contributed by atoms with Gasteiger partial charge in [0.2, 0.25) is 0 Å². The number of phenolic OH excluding ortho intramolecular Hbond substituents is 2. The van der Waals surface area contributed by atoms with Crippen LogP contribution < -0.4 is 9.47 Å². The lowest BCUT2D eigenvalue weighted by atomic mass is 9.42. The number of Topliss-reactive ketones (excluding diaryl/α,β-unsaturated/α-hetero) is 1. The lowest BCUT2D eigenvalue weighted by molar-refractivity contribution is -0.178. The molecule has 0 bridgehead atoms. The molecule has 0 amide bonds. The van der Waals surface area contributed by atoms with Crippen molar-refractivity contribution in [1.82, 2.24) is 0 Å². The molecule has 2 aromatic rings. The topological polar surface area (TPSA) is 129 Å². The van der Waals surface area contributed by atoms with Crippen LogP contribution in [0.25, 0.3) is 0 Å². The number of benzene rings is 2. The van der Waals surface area contributed by atoms with Crippen LogP contribution >= 0.6 is 0 Å². The summed E-state index contributed by atoms with van der Waals surface area (Å²) in [5, 5.41) is 20.3. The van der Waals surface area contributed by atoms with Gasteiger partial charge in [0, 0.05) is 24.7 Å². The molecule has 5 aliphatic carbocycles. The van der Waals surface area contributed by atoms with Crippen LogP contribution in [0.4, 0.5) is 0 Å². The lowest BCUT2D eigenvalue weighted by Gasteiger charge is -2.64. The van der Waals surface area contributed by atoms with Crippen LogP contribution in [0.3, 0.4) is 0 Å². The largest absolute Gasteiger partial charge is 0.508 e. The van der Waals surface area contributed by atoms with Gasteiger partial charge in [0.15, 0.2) is 5.78 Å². The number of ketones is 1. The molecule has 320 valence electrons. The fraction of sp³-hybridized carbons (Fsp3) is 0.660. The van der Waals surface area contributed by atoms with Gasteiger partial charge < -0.3 is 29.2 Å². The molecule has 0 spiro atoms. The lowest BCUT2D eigenvalue weighted by Crippen LogP contribution is -2.58. The van der Waals surface area contributed by atoms with Crippen LogP contribution in [0, 0.1) is 50.7 Å². The number of ether oxygens (including phenoxy) is 4. The van der Waals surface area contributed by atoms with Crippen LogP contribution in [0.15, 0.2) is 48.0 Å². The number of rotatable bonds is 7. The molecule has 8 rings (SSSR count). The summed E-state index contributed by atoms with van der Waals surface area (Å²) >= 11 is 0. The first-order valence-electron chi connectivity index (χ1n) is 22.3. The Morgan fingerprint density at radius 1 is 0.780 bits per heavy atom. The Hall–Kier alpha value is -3.85. The number of carbonyl (C=O) groups is 3. The molecule has 6 aliphatic rings. The third kappa shape index (κ3) is 7.09. The van der Waals surface area contributed by atoms with Gasteiger partial charge in [-0.3, -0.25) is 14.4 Å². The maximum absolute atomic E-state index is 13.4. The molecule has 2 aromatic carbocycles. The quantitative estimate of drug-likeness (QED) is 0.159. The van der Waals surface area contributed by atoms with Gasteiger partial charge in [0.25, 0.3) is 0 Å². The summed E-state index contributed by atoms with van der Waals surface area (Å²) in [6, 6.07) is 8.99. The van der Waals surface area contributed by atoms with Crippen molar-refractivity contribution >= 4 is 17.7 Å². The Morgan fingerprint density at radius 3 is 2.19 bits per heavy atom. The second-order valence-corrected chi connectivity index (χ2v) is 21.2. The average molecular weight is 811 g/mol. The van der Waals surface area contributed by atoms with E-state index in [9.17, 15) is 24.6 Å². The molecule has 2 N–H and O–H groups in total. The number of hydrogen-bond acceptors (Lipinski definition) is 9. The van der Waals surface area contributed by atoms with E-state index in [0.717, 1.165) is 25.7 Å². The number of allylic oxidation sites excluding steroid dienone is 2. The smallest absolute Gasteiger partial charge is 0.311 e. The fourth-order valence-electron chi connectivity index (χ4n) is 14.5. The minimum Gasteiger partial charge on any atom is -0.508 e. The number of hydrogen-bond donors (Lipinski definition) is 2. The number of carbonyl (C=O) groups excluding carboxylic acids is 3. The molecule has 0 aromatic heterocycles. The van der Waals surface area contributed by atoms with E-state index in [1.807, 2.05) is 7.11 Å². The van der Waals surface area contributed by atoms with Crippen molar-refractivity contribution < 1.29 is 43.5 Å². The third-order valence-corrected chi connectivity index (χ3v) is 17.4. The number of aromatic hydroxyl groups is 2. The second-order valence-electron chi connectivity index (χ2n) is 21.2. The molecule has 1 aliphatic heterocycles. The summed E-state index contributed by atoms with van der Waals surface area (Å²) < 4.78 is 23.9. The van der Waals surface area contributed by atoms with E-state index in [1.54, 1.807) is 17.7 Å². The maximum Gasteiger partial charge on any atom is 0.311 e. The normalized spacial score (nSPS) is 36.8. The predicted octanol–water partition coefficient (Wildman–Crippen LogP) is 10.8. The van der Waals surface area contributed by atoms with Crippen molar-refractivity contribution in [2.75, 3.05) is 7.11 Å². The summed E-state index contributed by atoms with van der Waals surface area (Å²) in [6.07, 6.45) is 13.2.